The van der Waals surface area contributed by atoms with Gasteiger partial charge in [-0.25, -0.2) is 4.98 Å². The molecule has 0 saturated carbocycles. The smallest absolute Gasteiger partial charge is 0.257 e. The van der Waals surface area contributed by atoms with E-state index in [1.807, 2.05) is 24.3 Å². The number of anilines is 1. The van der Waals surface area contributed by atoms with Gasteiger partial charge in [0.05, 0.1) is 16.7 Å². The second kappa shape index (κ2) is 8.15. The number of hydrogen-bond donors (Lipinski definition) is 3. The Labute approximate surface area is 150 Å². The molecule has 2 aromatic carbocycles. The molecule has 0 aliphatic rings. The number of ether oxygens (including phenoxy) is 1. The van der Waals surface area contributed by atoms with E-state index in [-0.39, 0.29) is 18.4 Å². The van der Waals surface area contributed by atoms with Crippen LogP contribution in [0.5, 0.6) is 5.75 Å². The van der Waals surface area contributed by atoms with Gasteiger partial charge in [0.1, 0.15) is 11.6 Å². The third-order valence-electron chi connectivity index (χ3n) is 3.68. The number of amides is 2. The van der Waals surface area contributed by atoms with Crippen molar-refractivity contribution in [1.29, 1.82) is 0 Å². The molecule has 3 rings (SSSR count). The number of nitrogens with zero attached hydrogens (tertiary/aromatic N) is 1. The lowest BCUT2D eigenvalue weighted by Gasteiger charge is -2.11. The molecular formula is C19H20N4O3. The highest BCUT2D eigenvalue weighted by atomic mass is 16.5. The molecule has 3 N–H and O–H groups in total. The largest absolute Gasteiger partial charge is 0.482 e. The third-order valence-corrected chi connectivity index (χ3v) is 3.68. The van der Waals surface area contributed by atoms with Gasteiger partial charge in [-0.2, -0.15) is 0 Å². The normalized spacial score (nSPS) is 10.5. The van der Waals surface area contributed by atoms with Crippen molar-refractivity contribution in [1.82, 2.24) is 15.3 Å². The fourth-order valence-corrected chi connectivity index (χ4v) is 2.52. The summed E-state index contributed by atoms with van der Waals surface area (Å²) in [5, 5.41) is 5.46. The first kappa shape index (κ1) is 17.5. The maximum absolute atomic E-state index is 12.0. The van der Waals surface area contributed by atoms with E-state index in [0.717, 1.165) is 16.9 Å². The molecule has 0 spiro atoms. The predicted octanol–water partition coefficient (Wildman–Crippen LogP) is 2.26. The summed E-state index contributed by atoms with van der Waals surface area (Å²) in [5.74, 6) is 0.841. The van der Waals surface area contributed by atoms with Crippen LogP contribution in [0.25, 0.3) is 11.0 Å². The number of aromatic amines is 1. The molecule has 0 unspecified atom stereocenters. The highest BCUT2D eigenvalue weighted by Crippen LogP contribution is 2.23. The highest BCUT2D eigenvalue weighted by Gasteiger charge is 2.08. The monoisotopic (exact) mass is 352 g/mol. The number of H-pyrrole nitrogens is 1. The molecule has 0 saturated heterocycles. The van der Waals surface area contributed by atoms with Gasteiger partial charge >= 0.3 is 0 Å². The van der Waals surface area contributed by atoms with Gasteiger partial charge in [-0.3, -0.25) is 9.59 Å². The Kier molecular flexibility index (Phi) is 5.48. The van der Waals surface area contributed by atoms with Gasteiger partial charge in [0.15, 0.2) is 6.61 Å². The summed E-state index contributed by atoms with van der Waals surface area (Å²) < 4.78 is 5.50. The molecule has 0 aliphatic carbocycles. The number of benzene rings is 2. The fourth-order valence-electron chi connectivity index (χ4n) is 2.52. The van der Waals surface area contributed by atoms with Gasteiger partial charge in [0.25, 0.3) is 5.91 Å². The maximum atomic E-state index is 12.0. The Morgan fingerprint density at radius 1 is 1.12 bits per heavy atom. The van der Waals surface area contributed by atoms with Gasteiger partial charge in [-0.05, 0) is 24.3 Å². The molecule has 1 aromatic heterocycles. The zero-order valence-electron chi connectivity index (χ0n) is 14.4. The number of carbonyl (C=O) groups excluding carboxylic acids is 2. The van der Waals surface area contributed by atoms with Gasteiger partial charge in [0.2, 0.25) is 5.91 Å². The van der Waals surface area contributed by atoms with Gasteiger partial charge < -0.3 is 20.4 Å². The van der Waals surface area contributed by atoms with E-state index in [2.05, 4.69) is 20.6 Å². The summed E-state index contributed by atoms with van der Waals surface area (Å²) in [5.41, 5.74) is 2.42. The van der Waals surface area contributed by atoms with Crippen LogP contribution in [-0.4, -0.2) is 34.9 Å². The summed E-state index contributed by atoms with van der Waals surface area (Å²) in [7, 11) is 0. The van der Waals surface area contributed by atoms with Gasteiger partial charge in [0, 0.05) is 19.9 Å². The van der Waals surface area contributed by atoms with Crippen LogP contribution in [0.3, 0.4) is 0 Å². The number of fused-ring (bicyclic) bond motifs is 1. The second-order valence-corrected chi connectivity index (χ2v) is 5.77. The first-order valence-electron chi connectivity index (χ1n) is 8.31. The summed E-state index contributed by atoms with van der Waals surface area (Å²) in [4.78, 5) is 30.8. The number of para-hydroxylation sites is 4. The van der Waals surface area contributed by atoms with Crippen LogP contribution < -0.4 is 15.4 Å². The number of imidazole rings is 1. The first-order valence-corrected chi connectivity index (χ1v) is 8.31. The van der Waals surface area contributed by atoms with E-state index in [0.29, 0.717) is 24.4 Å². The first-order chi connectivity index (χ1) is 12.6. The Hall–Kier alpha value is -3.35. The van der Waals surface area contributed by atoms with E-state index in [1.54, 1.807) is 24.3 Å². The Bertz CT molecular complexity index is 887. The van der Waals surface area contributed by atoms with Crippen molar-refractivity contribution in [2.75, 3.05) is 18.5 Å². The van der Waals surface area contributed by atoms with E-state index in [1.165, 1.54) is 6.92 Å². The molecule has 0 aliphatic heterocycles. The number of hydrogen-bond acceptors (Lipinski definition) is 4. The fraction of sp³-hybridized carbons (Fsp3) is 0.211. The summed E-state index contributed by atoms with van der Waals surface area (Å²) >= 11 is 0. The molecule has 2 amide bonds. The molecule has 26 heavy (non-hydrogen) atoms. The summed E-state index contributed by atoms with van der Waals surface area (Å²) in [6.45, 7) is 1.74. The van der Waals surface area contributed by atoms with E-state index >= 15 is 0 Å². The quantitative estimate of drug-likeness (QED) is 0.608. The molecular weight excluding hydrogens is 332 g/mol. The average Bonchev–Trinajstić information content (AvgIpc) is 3.03. The molecule has 1 heterocycles. The molecule has 0 radical (unpaired) electrons. The number of aromatic nitrogens is 2. The number of carbonyl (C=O) groups is 2. The summed E-state index contributed by atoms with van der Waals surface area (Å²) in [6.07, 6.45) is 0.600. The zero-order valence-corrected chi connectivity index (χ0v) is 14.4. The van der Waals surface area contributed by atoms with Crippen molar-refractivity contribution in [3.63, 3.8) is 0 Å². The molecule has 0 bridgehead atoms. The molecule has 0 fully saturated rings. The minimum atomic E-state index is -0.237. The van der Waals surface area contributed by atoms with Crippen molar-refractivity contribution in [3.8, 4) is 5.75 Å². The zero-order chi connectivity index (χ0) is 18.4. The van der Waals surface area contributed by atoms with Gasteiger partial charge in [-0.1, -0.05) is 24.3 Å². The van der Waals surface area contributed by atoms with Crippen LogP contribution in [0.15, 0.2) is 48.5 Å². The van der Waals surface area contributed by atoms with E-state index < -0.39 is 0 Å². The highest BCUT2D eigenvalue weighted by molar-refractivity contribution is 5.90. The lowest BCUT2D eigenvalue weighted by atomic mass is 10.3. The van der Waals surface area contributed by atoms with Crippen molar-refractivity contribution < 1.29 is 14.3 Å². The lowest BCUT2D eigenvalue weighted by Crippen LogP contribution is -2.30. The minimum Gasteiger partial charge on any atom is -0.482 e. The van der Waals surface area contributed by atoms with Crippen LogP contribution in [0.1, 0.15) is 12.7 Å². The second-order valence-electron chi connectivity index (χ2n) is 5.77. The van der Waals surface area contributed by atoms with Crippen LogP contribution >= 0.6 is 0 Å². The van der Waals surface area contributed by atoms with Crippen molar-refractivity contribution in [2.24, 2.45) is 0 Å². The topological polar surface area (TPSA) is 96.1 Å². The molecule has 7 heteroatoms. The number of rotatable bonds is 7. The van der Waals surface area contributed by atoms with Crippen LogP contribution in [0, 0.1) is 0 Å². The lowest BCUT2D eigenvalue weighted by molar-refractivity contribution is -0.123. The minimum absolute atomic E-state index is 0.128. The number of nitrogens with one attached hydrogen (secondary N) is 3. The van der Waals surface area contributed by atoms with E-state index in [4.69, 9.17) is 4.74 Å². The van der Waals surface area contributed by atoms with Crippen molar-refractivity contribution in [3.05, 3.63) is 54.4 Å². The molecule has 0 atom stereocenters. The Balaban J connectivity index is 1.46. The SMILES string of the molecule is CC(=O)Nc1ccccc1OCC(=O)NCCc1nc2ccccc2[nH]1. The molecule has 7 nitrogen and oxygen atoms in total. The molecule has 3 aromatic rings. The van der Waals surface area contributed by atoms with Crippen LogP contribution in [-0.2, 0) is 16.0 Å². The predicted molar refractivity (Wildman–Crippen MR) is 99.0 cm³/mol. The Morgan fingerprint density at radius 2 is 1.88 bits per heavy atom. The van der Waals surface area contributed by atoms with Crippen LogP contribution in [0.2, 0.25) is 0 Å². The Morgan fingerprint density at radius 3 is 2.69 bits per heavy atom. The van der Waals surface area contributed by atoms with E-state index in [9.17, 15) is 9.59 Å². The average molecular weight is 352 g/mol. The van der Waals surface area contributed by atoms with Crippen molar-refractivity contribution >= 4 is 28.5 Å². The van der Waals surface area contributed by atoms with Gasteiger partial charge in [-0.15, -0.1) is 0 Å². The van der Waals surface area contributed by atoms with Crippen molar-refractivity contribution in [2.45, 2.75) is 13.3 Å². The third kappa shape index (κ3) is 4.60. The summed E-state index contributed by atoms with van der Waals surface area (Å²) in [6, 6.07) is 14.8. The molecule has 134 valence electrons. The standard InChI is InChI=1S/C19H20N4O3/c1-13(24)21-16-8-4-5-9-17(16)26-12-19(25)20-11-10-18-22-14-6-2-3-7-15(14)23-18/h2-9H,10-12H2,1H3,(H,20,25)(H,21,24)(H,22,23). The maximum Gasteiger partial charge on any atom is 0.257 e. The van der Waals surface area contributed by atoms with Crippen LogP contribution in [0.4, 0.5) is 5.69 Å².